The number of rotatable bonds is 8. The van der Waals surface area contributed by atoms with Crippen LogP contribution in [0, 0.1) is 23.2 Å². The molecule has 6 heterocycles. The van der Waals surface area contributed by atoms with Crippen LogP contribution >= 0.6 is 0 Å². The van der Waals surface area contributed by atoms with E-state index in [0.717, 1.165) is 107 Å². The van der Waals surface area contributed by atoms with Crippen LogP contribution in [0.2, 0.25) is 0 Å². The minimum atomic E-state index is -0.511. The molecule has 8 rings (SSSR count). The standard InChI is InChI=1S/C21H27FN8O2.C20H26FN7O.CHNO.K/c1-15(31)27-6-8-28(9-7-27)17-4-2-16(3-5-17)25-21-24-14-18(22)19(26-21)29-10-12-30(13-11-29)20(23)32;1-15(29)26-10-12-27(13-11-26)17-4-2-16(3-5-17)24-20-23-14-18(21)19(25-20)28-8-6-22-7-9-28;2-1-3;/h2-5,14H,6-13H2,1H3,(H2,23,32)(H,24,25,26);2-5,14,22H,6-13H2,1H3,(H,23,24,25);3H;/q;;;+1/p-1. The number of benzene rings is 2. The molecule has 4 fully saturated rings. The number of hydrogen-bond acceptors (Lipinski definition) is 16. The fourth-order valence-electron chi connectivity index (χ4n) is 7.62. The normalized spacial score (nSPS) is 16.1. The van der Waals surface area contributed by atoms with Gasteiger partial charge in [-0.3, -0.25) is 9.59 Å². The molecule has 0 atom stereocenters. The van der Waals surface area contributed by atoms with Gasteiger partial charge in [0.05, 0.1) is 12.4 Å². The third-order valence-electron chi connectivity index (χ3n) is 11.2. The third kappa shape index (κ3) is 14.2. The summed E-state index contributed by atoms with van der Waals surface area (Å²) < 4.78 is 28.5. The van der Waals surface area contributed by atoms with Crippen LogP contribution in [0.3, 0.4) is 0 Å². The molecule has 4 amide bonds. The number of anilines is 8. The molecule has 5 N–H and O–H groups in total. The van der Waals surface area contributed by atoms with Gasteiger partial charge in [-0.1, -0.05) is 0 Å². The van der Waals surface area contributed by atoms with Gasteiger partial charge in [0.25, 0.3) is 0 Å². The van der Waals surface area contributed by atoms with Crippen LogP contribution in [0.1, 0.15) is 13.8 Å². The van der Waals surface area contributed by atoms with Gasteiger partial charge in [-0.15, -0.1) is 0 Å². The van der Waals surface area contributed by atoms with Crippen molar-refractivity contribution in [3.8, 4) is 6.26 Å². The molecule has 0 radical (unpaired) electrons. The predicted octanol–water partition coefficient (Wildman–Crippen LogP) is -1.50. The van der Waals surface area contributed by atoms with Gasteiger partial charge in [0.1, 0.15) is 0 Å². The van der Waals surface area contributed by atoms with Crippen LogP contribution in [0.15, 0.2) is 60.9 Å². The van der Waals surface area contributed by atoms with Gasteiger partial charge in [0.2, 0.25) is 23.7 Å². The number of nitriles is 1. The second-order valence-electron chi connectivity index (χ2n) is 15.2. The number of piperazine rings is 4. The number of urea groups is 1. The zero-order valence-electron chi connectivity index (χ0n) is 36.9. The Morgan fingerprint density at radius 2 is 0.954 bits per heavy atom. The number of amides is 4. The summed E-state index contributed by atoms with van der Waals surface area (Å²) in [6.07, 6.45) is 2.86. The molecule has 4 aromatic rings. The number of aromatic nitrogens is 4. The maximum Gasteiger partial charge on any atom is 1.00 e. The Morgan fingerprint density at radius 1 is 0.615 bits per heavy atom. The van der Waals surface area contributed by atoms with Crippen molar-refractivity contribution in [3.63, 3.8) is 0 Å². The number of carbonyl (C=O) groups excluding carboxylic acids is 3. The van der Waals surface area contributed by atoms with E-state index in [4.69, 9.17) is 16.1 Å². The summed E-state index contributed by atoms with van der Waals surface area (Å²) in [5.74, 6) is 0.529. The Labute approximate surface area is 419 Å². The number of nitrogens with zero attached hydrogens (tertiary/aromatic N) is 12. The monoisotopic (exact) mass is 922 g/mol. The van der Waals surface area contributed by atoms with Crippen LogP contribution in [-0.2, 0) is 9.59 Å². The predicted molar refractivity (Wildman–Crippen MR) is 236 cm³/mol. The summed E-state index contributed by atoms with van der Waals surface area (Å²) in [5.41, 5.74) is 9.12. The molecule has 23 heteroatoms. The number of nitrogens with one attached hydrogen (secondary N) is 3. The number of hydrogen-bond donors (Lipinski definition) is 4. The number of carbonyl (C=O) groups is 3. The van der Waals surface area contributed by atoms with Gasteiger partial charge in [0.15, 0.2) is 23.3 Å². The summed E-state index contributed by atoms with van der Waals surface area (Å²) in [6, 6.07) is 15.4. The molecule has 0 unspecified atom stereocenters. The minimum Gasteiger partial charge on any atom is -0.812 e. The molecule has 65 heavy (non-hydrogen) atoms. The first kappa shape index (κ1) is 50.4. The van der Waals surface area contributed by atoms with Crippen molar-refractivity contribution in [3.05, 3.63) is 72.6 Å². The van der Waals surface area contributed by atoms with E-state index in [1.54, 1.807) is 18.7 Å². The summed E-state index contributed by atoms with van der Waals surface area (Å²) >= 11 is 0. The maximum absolute atomic E-state index is 14.4. The first-order valence-electron chi connectivity index (χ1n) is 21.0. The van der Waals surface area contributed by atoms with E-state index in [0.29, 0.717) is 50.1 Å². The number of halogens is 2. The van der Waals surface area contributed by atoms with Gasteiger partial charge in [-0.2, -0.15) is 9.97 Å². The summed E-state index contributed by atoms with van der Waals surface area (Å²) in [6.45, 7) is 14.2. The fraction of sp³-hybridized carbons (Fsp3) is 0.429. The van der Waals surface area contributed by atoms with Crippen molar-refractivity contribution in [1.29, 1.82) is 5.26 Å². The molecule has 0 aliphatic carbocycles. The molecule has 0 spiro atoms. The van der Waals surface area contributed by atoms with Crippen molar-refractivity contribution in [2.24, 2.45) is 5.73 Å². The second-order valence-corrected chi connectivity index (χ2v) is 15.2. The molecule has 20 nitrogen and oxygen atoms in total. The Kier molecular flexibility index (Phi) is 19.1. The van der Waals surface area contributed by atoms with Crippen molar-refractivity contribution in [2.45, 2.75) is 13.8 Å². The molecule has 4 saturated heterocycles. The molecule has 4 aliphatic heterocycles. The Morgan fingerprint density at radius 3 is 1.31 bits per heavy atom. The summed E-state index contributed by atoms with van der Waals surface area (Å²) in [4.78, 5) is 64.6. The van der Waals surface area contributed by atoms with Gasteiger partial charge >= 0.3 is 57.4 Å². The first-order chi connectivity index (χ1) is 30.9. The molecule has 0 saturated carbocycles. The largest absolute Gasteiger partial charge is 1.00 e. The van der Waals surface area contributed by atoms with Crippen LogP contribution in [0.5, 0.6) is 0 Å². The van der Waals surface area contributed by atoms with E-state index in [1.165, 1.54) is 11.1 Å². The SMILES string of the molecule is CC(=O)N1CCN(c2ccc(Nc3ncc(F)c(N4CCN(C(N)=O)CC4)n3)cc2)CC1.CC(=O)N1CCN(c2ccc(Nc3ncc(F)c(N4CCNCC4)n3)cc2)CC1.N#C[O-].[K+]. The average molecular weight is 923 g/mol. The van der Waals surface area contributed by atoms with E-state index in [9.17, 15) is 23.2 Å². The van der Waals surface area contributed by atoms with E-state index in [1.807, 2.05) is 63.2 Å². The topological polar surface area (TPSA) is 234 Å². The Bertz CT molecular complexity index is 2230. The van der Waals surface area contributed by atoms with Gasteiger partial charge in [0, 0.05) is 148 Å². The van der Waals surface area contributed by atoms with E-state index in [-0.39, 0.29) is 69.0 Å². The van der Waals surface area contributed by atoms with Gasteiger partial charge in [-0.05, 0) is 48.5 Å². The van der Waals surface area contributed by atoms with Gasteiger partial charge < -0.3 is 61.1 Å². The van der Waals surface area contributed by atoms with Crippen molar-refractivity contribution < 1.29 is 79.7 Å². The zero-order valence-corrected chi connectivity index (χ0v) is 40.0. The number of primary amides is 1. The molecule has 2 aromatic carbocycles. The van der Waals surface area contributed by atoms with Crippen LogP contribution < -0.4 is 97.8 Å². The first-order valence-corrected chi connectivity index (χ1v) is 21.0. The molecule has 340 valence electrons. The van der Waals surface area contributed by atoms with E-state index in [2.05, 4.69) is 45.7 Å². The van der Waals surface area contributed by atoms with E-state index < -0.39 is 17.7 Å². The molecular weight excluding hydrogens is 870 g/mol. The molecular formula is C42H53F2KN16O4. The van der Waals surface area contributed by atoms with Crippen molar-refractivity contribution in [2.75, 3.05) is 135 Å². The zero-order chi connectivity index (χ0) is 45.6. The van der Waals surface area contributed by atoms with Crippen LogP contribution in [0.25, 0.3) is 0 Å². The average Bonchev–Trinajstić information content (AvgIpc) is 3.31. The minimum absolute atomic E-state index is 0. The Balaban J connectivity index is 0.000000228. The maximum atomic E-state index is 14.4. The van der Waals surface area contributed by atoms with Crippen LogP contribution in [0.4, 0.5) is 59.9 Å². The summed E-state index contributed by atoms with van der Waals surface area (Å²) in [5, 5.41) is 24.5. The van der Waals surface area contributed by atoms with E-state index >= 15 is 0 Å². The molecule has 2 aromatic heterocycles. The number of nitrogens with two attached hydrogens (primary N) is 1. The quantitative estimate of drug-likeness (QED) is 0.116. The van der Waals surface area contributed by atoms with Crippen molar-refractivity contribution >= 4 is 64.1 Å². The smallest absolute Gasteiger partial charge is 0.812 e. The van der Waals surface area contributed by atoms with Gasteiger partial charge in [-0.25, -0.2) is 28.8 Å². The molecule has 0 bridgehead atoms. The molecule has 4 aliphatic rings. The summed E-state index contributed by atoms with van der Waals surface area (Å²) in [7, 11) is 0. The second kappa shape index (κ2) is 24.6. The van der Waals surface area contributed by atoms with Crippen molar-refractivity contribution in [1.82, 2.24) is 40.0 Å². The fourth-order valence-corrected chi connectivity index (χ4v) is 7.62. The Hall–Kier alpha value is -5.64. The third-order valence-corrected chi connectivity index (χ3v) is 11.2. The van der Waals surface area contributed by atoms with Crippen LogP contribution in [-0.4, -0.2) is 157 Å².